The Bertz CT molecular complexity index is 900. The van der Waals surface area contributed by atoms with Gasteiger partial charge in [-0.15, -0.1) is 10.2 Å². The summed E-state index contributed by atoms with van der Waals surface area (Å²) >= 11 is 11.4. The van der Waals surface area contributed by atoms with Crippen molar-refractivity contribution in [1.29, 1.82) is 0 Å². The predicted octanol–water partition coefficient (Wildman–Crippen LogP) is 5.89. The quantitative estimate of drug-likeness (QED) is 0.419. The minimum atomic E-state index is 0.335. The highest BCUT2D eigenvalue weighted by molar-refractivity contribution is 9.10. The Balaban J connectivity index is 1.68. The zero-order valence-electron chi connectivity index (χ0n) is 14.6. The molecule has 26 heavy (non-hydrogen) atoms. The minimum absolute atomic E-state index is 0.335. The molecule has 1 heterocycles. The fourth-order valence-corrected chi connectivity index (χ4v) is 4.07. The van der Waals surface area contributed by atoms with Gasteiger partial charge in [-0.25, -0.2) is 0 Å². The van der Waals surface area contributed by atoms with Crippen molar-refractivity contribution in [2.24, 2.45) is 0 Å². The van der Waals surface area contributed by atoms with E-state index in [1.165, 1.54) is 5.56 Å². The maximum absolute atomic E-state index is 6.20. The third kappa shape index (κ3) is 4.81. The van der Waals surface area contributed by atoms with E-state index in [4.69, 9.17) is 16.3 Å². The van der Waals surface area contributed by atoms with Crippen molar-refractivity contribution in [3.05, 3.63) is 68.9 Å². The van der Waals surface area contributed by atoms with Crippen LogP contribution in [0.5, 0.6) is 5.75 Å². The van der Waals surface area contributed by atoms with Crippen molar-refractivity contribution in [2.75, 3.05) is 0 Å². The van der Waals surface area contributed by atoms with E-state index in [0.29, 0.717) is 17.4 Å². The van der Waals surface area contributed by atoms with E-state index in [2.05, 4.69) is 49.8 Å². The second-order valence-corrected chi connectivity index (χ2v) is 8.05. The third-order valence-electron chi connectivity index (χ3n) is 3.81. The van der Waals surface area contributed by atoms with E-state index in [1.54, 1.807) is 11.8 Å². The van der Waals surface area contributed by atoms with Crippen molar-refractivity contribution in [2.45, 2.75) is 37.9 Å². The number of halogens is 2. The van der Waals surface area contributed by atoms with Crippen LogP contribution in [0, 0.1) is 6.92 Å². The van der Waals surface area contributed by atoms with Gasteiger partial charge in [-0.1, -0.05) is 57.5 Å². The Morgan fingerprint density at radius 1 is 1.19 bits per heavy atom. The molecule has 1 aromatic heterocycles. The van der Waals surface area contributed by atoms with Gasteiger partial charge in [0.15, 0.2) is 11.0 Å². The molecule has 0 unspecified atom stereocenters. The molecule has 7 heteroatoms. The molecule has 0 saturated heterocycles. The number of hydrogen-bond donors (Lipinski definition) is 0. The summed E-state index contributed by atoms with van der Waals surface area (Å²) < 4.78 is 9.02. The lowest BCUT2D eigenvalue weighted by Crippen LogP contribution is -2.07. The maximum atomic E-state index is 6.20. The van der Waals surface area contributed by atoms with Crippen molar-refractivity contribution >= 4 is 39.3 Å². The highest BCUT2D eigenvalue weighted by Gasteiger charge is 2.13. The lowest BCUT2D eigenvalue weighted by atomic mass is 10.2. The van der Waals surface area contributed by atoms with Gasteiger partial charge in [-0.3, -0.25) is 0 Å². The molecule has 3 rings (SSSR count). The lowest BCUT2D eigenvalue weighted by molar-refractivity contribution is 0.288. The molecule has 0 spiro atoms. The summed E-state index contributed by atoms with van der Waals surface area (Å²) in [6, 6.07) is 14.0. The van der Waals surface area contributed by atoms with E-state index in [-0.39, 0.29) is 0 Å². The van der Waals surface area contributed by atoms with E-state index in [0.717, 1.165) is 33.3 Å². The smallest absolute Gasteiger partial charge is 0.191 e. The zero-order chi connectivity index (χ0) is 18.5. The molecule has 0 aliphatic heterocycles. The average molecular weight is 453 g/mol. The van der Waals surface area contributed by atoms with Crippen LogP contribution in [0.4, 0.5) is 0 Å². The Hall–Kier alpha value is -1.50. The number of benzene rings is 2. The fraction of sp³-hybridized carbons (Fsp3) is 0.263. The van der Waals surface area contributed by atoms with Crippen molar-refractivity contribution in [1.82, 2.24) is 14.8 Å². The molecule has 4 nitrogen and oxygen atoms in total. The number of ether oxygens (including phenoxy) is 1. The van der Waals surface area contributed by atoms with Gasteiger partial charge in [-0.2, -0.15) is 0 Å². The zero-order valence-corrected chi connectivity index (χ0v) is 17.7. The molecule has 0 radical (unpaired) electrons. The predicted molar refractivity (Wildman–Crippen MR) is 110 cm³/mol. The molecule has 136 valence electrons. The van der Waals surface area contributed by atoms with E-state index in [9.17, 15) is 0 Å². The van der Waals surface area contributed by atoms with Crippen LogP contribution in [0.3, 0.4) is 0 Å². The summed E-state index contributed by atoms with van der Waals surface area (Å²) in [5.74, 6) is 2.30. The molecule has 0 amide bonds. The van der Waals surface area contributed by atoms with Gasteiger partial charge in [-0.05, 0) is 49.2 Å². The Labute approximate surface area is 171 Å². The largest absolute Gasteiger partial charge is 0.484 e. The molecule has 0 bridgehead atoms. The minimum Gasteiger partial charge on any atom is -0.484 e. The van der Waals surface area contributed by atoms with Gasteiger partial charge in [0.25, 0.3) is 0 Å². The van der Waals surface area contributed by atoms with Crippen molar-refractivity contribution in [3.63, 3.8) is 0 Å². The van der Waals surface area contributed by atoms with E-state index in [1.807, 2.05) is 37.3 Å². The maximum Gasteiger partial charge on any atom is 0.191 e. The van der Waals surface area contributed by atoms with Gasteiger partial charge < -0.3 is 9.30 Å². The molecule has 0 atom stereocenters. The molecule has 3 aromatic rings. The monoisotopic (exact) mass is 451 g/mol. The molecular weight excluding hydrogens is 434 g/mol. The summed E-state index contributed by atoms with van der Waals surface area (Å²) in [6.07, 6.45) is 0. The first-order valence-corrected chi connectivity index (χ1v) is 10.4. The van der Waals surface area contributed by atoms with E-state index >= 15 is 0 Å². The van der Waals surface area contributed by atoms with Crippen LogP contribution >= 0.6 is 39.3 Å². The Morgan fingerprint density at radius 2 is 2.04 bits per heavy atom. The Morgan fingerprint density at radius 3 is 2.81 bits per heavy atom. The van der Waals surface area contributed by atoms with Crippen LogP contribution in [0.15, 0.2) is 52.1 Å². The van der Waals surface area contributed by atoms with Gasteiger partial charge >= 0.3 is 0 Å². The number of aryl methyl sites for hydroxylation is 1. The highest BCUT2D eigenvalue weighted by Crippen LogP contribution is 2.27. The number of thioether (sulfide) groups is 1. The molecule has 0 fully saturated rings. The van der Waals surface area contributed by atoms with Crippen LogP contribution in [0.1, 0.15) is 23.9 Å². The van der Waals surface area contributed by atoms with Crippen LogP contribution < -0.4 is 4.74 Å². The average Bonchev–Trinajstić information content (AvgIpc) is 3.02. The summed E-state index contributed by atoms with van der Waals surface area (Å²) in [7, 11) is 0. The number of aromatic nitrogens is 3. The number of hydrogen-bond acceptors (Lipinski definition) is 4. The van der Waals surface area contributed by atoms with Gasteiger partial charge in [0.2, 0.25) is 0 Å². The van der Waals surface area contributed by atoms with Crippen LogP contribution in [-0.2, 0) is 18.9 Å². The van der Waals surface area contributed by atoms with Crippen LogP contribution in [-0.4, -0.2) is 14.8 Å². The van der Waals surface area contributed by atoms with Crippen LogP contribution in [0.2, 0.25) is 5.02 Å². The summed E-state index contributed by atoms with van der Waals surface area (Å²) in [5.41, 5.74) is 2.34. The number of rotatable bonds is 7. The SMILES string of the molecule is CCn1c(COc2cc(C)ccc2Cl)nnc1SCc1cccc(Br)c1. The molecule has 2 aromatic carbocycles. The van der Waals surface area contributed by atoms with Gasteiger partial charge in [0.05, 0.1) is 5.02 Å². The first-order chi connectivity index (χ1) is 12.6. The van der Waals surface area contributed by atoms with Gasteiger partial charge in [0, 0.05) is 16.8 Å². The topological polar surface area (TPSA) is 39.9 Å². The van der Waals surface area contributed by atoms with Crippen molar-refractivity contribution in [3.8, 4) is 5.75 Å². The first kappa shape index (κ1) is 19.3. The lowest BCUT2D eigenvalue weighted by Gasteiger charge is -2.10. The van der Waals surface area contributed by atoms with E-state index < -0.39 is 0 Å². The second-order valence-electron chi connectivity index (χ2n) is 5.78. The second kappa shape index (κ2) is 8.93. The standard InChI is InChI=1S/C19H19BrClN3OS/c1-3-24-18(11-25-17-9-13(2)7-8-16(17)21)22-23-19(24)26-12-14-5-4-6-15(20)10-14/h4-10H,3,11-12H2,1-2H3. The highest BCUT2D eigenvalue weighted by atomic mass is 79.9. The number of nitrogens with zero attached hydrogens (tertiary/aromatic N) is 3. The molecular formula is C19H19BrClN3OS. The summed E-state index contributed by atoms with van der Waals surface area (Å²) in [4.78, 5) is 0. The van der Waals surface area contributed by atoms with Gasteiger partial charge in [0.1, 0.15) is 12.4 Å². The Kier molecular flexibility index (Phi) is 6.62. The molecule has 0 aliphatic carbocycles. The molecule has 0 N–H and O–H groups in total. The summed E-state index contributed by atoms with van der Waals surface area (Å²) in [5, 5.41) is 10.1. The molecule has 0 aliphatic rings. The molecule has 0 saturated carbocycles. The first-order valence-electron chi connectivity index (χ1n) is 8.25. The van der Waals surface area contributed by atoms with Crippen molar-refractivity contribution < 1.29 is 4.74 Å². The van der Waals surface area contributed by atoms with Crippen LogP contribution in [0.25, 0.3) is 0 Å². The third-order valence-corrected chi connectivity index (χ3v) is 5.65. The normalized spacial score (nSPS) is 10.9. The fourth-order valence-electron chi connectivity index (χ4n) is 2.49. The summed E-state index contributed by atoms with van der Waals surface area (Å²) in [6.45, 7) is 5.21.